The second-order valence-corrected chi connectivity index (χ2v) is 8.83. The Bertz CT molecular complexity index is 669. The van der Waals surface area contributed by atoms with E-state index in [2.05, 4.69) is 32.1 Å². The Hall–Kier alpha value is -1.44. The summed E-state index contributed by atoms with van der Waals surface area (Å²) in [5, 5.41) is 0. The molecule has 0 radical (unpaired) electrons. The van der Waals surface area contributed by atoms with Gasteiger partial charge in [-0.2, -0.15) is 0 Å². The number of halogens is 2. The maximum Gasteiger partial charge on any atom is 0.129 e. The van der Waals surface area contributed by atoms with Gasteiger partial charge in [0.05, 0.1) is 0 Å². The minimum Gasteiger partial charge on any atom is -0.207 e. The molecule has 0 nitrogen and oxygen atoms in total. The molecule has 0 saturated heterocycles. The summed E-state index contributed by atoms with van der Waals surface area (Å²) >= 11 is 0. The summed E-state index contributed by atoms with van der Waals surface area (Å²) in [6, 6.07) is 3.13. The largest absolute Gasteiger partial charge is 0.207 e. The van der Waals surface area contributed by atoms with Gasteiger partial charge in [0, 0.05) is 11.5 Å². The van der Waals surface area contributed by atoms with Gasteiger partial charge in [0.15, 0.2) is 0 Å². The van der Waals surface area contributed by atoms with Gasteiger partial charge in [-0.15, -0.1) is 0 Å². The molecule has 0 N–H and O–H groups in total. The van der Waals surface area contributed by atoms with E-state index in [1.54, 1.807) is 12.1 Å². The van der Waals surface area contributed by atoms with Crippen LogP contribution in [0.5, 0.6) is 0 Å². The fourth-order valence-electron chi connectivity index (χ4n) is 5.01. The van der Waals surface area contributed by atoms with E-state index in [9.17, 15) is 8.78 Å². The Kier molecular flexibility index (Phi) is 7.88. The number of hydrogen-bond acceptors (Lipinski definition) is 0. The molecule has 1 aromatic carbocycles. The maximum atomic E-state index is 14.5. The molecule has 2 aliphatic carbocycles. The third-order valence-electron chi connectivity index (χ3n) is 6.77. The van der Waals surface area contributed by atoms with Crippen LogP contribution in [0.25, 0.3) is 0 Å². The van der Waals surface area contributed by atoms with Gasteiger partial charge in [-0.05, 0) is 80.1 Å². The topological polar surface area (TPSA) is 0 Å². The van der Waals surface area contributed by atoms with Crippen molar-refractivity contribution in [1.29, 1.82) is 0 Å². The molecule has 1 aromatic rings. The zero-order chi connectivity index (χ0) is 19.9. The Morgan fingerprint density at radius 3 is 2.21 bits per heavy atom. The molecular weight excluding hydrogens is 350 g/mol. The number of unbranched alkanes of at least 4 members (excludes halogenated alkanes) is 2. The summed E-state index contributed by atoms with van der Waals surface area (Å²) in [5.41, 5.74) is 2.48. The van der Waals surface area contributed by atoms with Crippen molar-refractivity contribution in [3.8, 4) is 0 Å². The maximum absolute atomic E-state index is 14.5. The van der Waals surface area contributed by atoms with Crippen molar-refractivity contribution < 1.29 is 8.78 Å². The van der Waals surface area contributed by atoms with Crippen LogP contribution in [0, 0.1) is 23.5 Å². The van der Waals surface area contributed by atoms with Crippen LogP contribution in [0.15, 0.2) is 35.9 Å². The predicted molar refractivity (Wildman–Crippen MR) is 115 cm³/mol. The molecule has 0 aliphatic heterocycles. The summed E-state index contributed by atoms with van der Waals surface area (Å²) in [5.74, 6) is 0.949. The van der Waals surface area contributed by atoms with Gasteiger partial charge < -0.3 is 0 Å². The van der Waals surface area contributed by atoms with Crippen LogP contribution in [0.2, 0.25) is 0 Å². The third-order valence-corrected chi connectivity index (χ3v) is 6.77. The van der Waals surface area contributed by atoms with Crippen LogP contribution in [0.3, 0.4) is 0 Å². The van der Waals surface area contributed by atoms with Crippen LogP contribution in [-0.4, -0.2) is 0 Å². The van der Waals surface area contributed by atoms with Gasteiger partial charge in [0.1, 0.15) is 11.6 Å². The fraction of sp³-hybridized carbons (Fsp3) is 0.615. The highest BCUT2D eigenvalue weighted by molar-refractivity contribution is 5.36. The lowest BCUT2D eigenvalue weighted by molar-refractivity contribution is 0.288. The Labute approximate surface area is 170 Å². The molecule has 0 amide bonds. The van der Waals surface area contributed by atoms with Crippen LogP contribution in [0.1, 0.15) is 95.1 Å². The summed E-state index contributed by atoms with van der Waals surface area (Å²) in [7, 11) is 0. The molecule has 154 valence electrons. The van der Waals surface area contributed by atoms with Crippen molar-refractivity contribution in [1.82, 2.24) is 0 Å². The van der Waals surface area contributed by atoms with Crippen LogP contribution in [-0.2, 0) is 6.42 Å². The van der Waals surface area contributed by atoms with E-state index in [1.165, 1.54) is 44.1 Å². The summed E-state index contributed by atoms with van der Waals surface area (Å²) in [4.78, 5) is 0. The van der Waals surface area contributed by atoms with Gasteiger partial charge in [-0.3, -0.25) is 0 Å². The molecule has 0 aromatic heterocycles. The smallest absolute Gasteiger partial charge is 0.129 e. The van der Waals surface area contributed by atoms with Gasteiger partial charge in [0.25, 0.3) is 0 Å². The van der Waals surface area contributed by atoms with Crippen molar-refractivity contribution in [2.45, 2.75) is 90.4 Å². The molecule has 0 heterocycles. The van der Waals surface area contributed by atoms with E-state index in [-0.39, 0.29) is 23.1 Å². The number of hydrogen-bond donors (Lipinski definition) is 0. The van der Waals surface area contributed by atoms with E-state index in [4.69, 9.17) is 0 Å². The number of rotatable bonds is 8. The first-order valence-electron chi connectivity index (χ1n) is 11.5. The average molecular weight is 387 g/mol. The third kappa shape index (κ3) is 5.33. The Morgan fingerprint density at radius 1 is 0.929 bits per heavy atom. The zero-order valence-electron chi connectivity index (χ0n) is 17.7. The first kappa shape index (κ1) is 21.3. The van der Waals surface area contributed by atoms with E-state index >= 15 is 0 Å². The SMILES string of the molecule is CCCCCc1c(F)cc(C2C=CC(C3CCC(CCC)CC3)=CC2)cc1F. The summed E-state index contributed by atoms with van der Waals surface area (Å²) < 4.78 is 29.0. The molecule has 3 rings (SSSR count). The fourth-order valence-corrected chi connectivity index (χ4v) is 5.01. The molecule has 2 aliphatic rings. The Balaban J connectivity index is 1.59. The van der Waals surface area contributed by atoms with Crippen molar-refractivity contribution in [2.75, 3.05) is 0 Å². The number of allylic oxidation sites excluding steroid dienone is 4. The standard InChI is InChI=1S/C26H36F2/c1-3-5-6-8-24-25(27)17-23(18-26(24)28)22-15-13-21(14-16-22)20-11-9-19(7-4-2)10-12-20/h13-15,17-20,22H,3-12,16H2,1-2H3. The summed E-state index contributed by atoms with van der Waals surface area (Å²) in [6.45, 7) is 4.38. The molecule has 1 saturated carbocycles. The van der Waals surface area contributed by atoms with Crippen molar-refractivity contribution in [3.05, 3.63) is 58.7 Å². The molecule has 1 unspecified atom stereocenters. The monoisotopic (exact) mass is 386 g/mol. The zero-order valence-corrected chi connectivity index (χ0v) is 17.7. The van der Waals surface area contributed by atoms with Gasteiger partial charge in [-0.25, -0.2) is 8.78 Å². The van der Waals surface area contributed by atoms with E-state index < -0.39 is 0 Å². The molecule has 1 atom stereocenters. The van der Waals surface area contributed by atoms with E-state index in [0.717, 1.165) is 37.2 Å². The van der Waals surface area contributed by atoms with Gasteiger partial charge in [0.2, 0.25) is 0 Å². The second-order valence-electron chi connectivity index (χ2n) is 8.83. The van der Waals surface area contributed by atoms with E-state index in [0.29, 0.717) is 12.3 Å². The highest BCUT2D eigenvalue weighted by atomic mass is 19.1. The lowest BCUT2D eigenvalue weighted by Gasteiger charge is -2.30. The quantitative estimate of drug-likeness (QED) is 0.394. The number of benzene rings is 1. The average Bonchev–Trinajstić information content (AvgIpc) is 2.71. The van der Waals surface area contributed by atoms with Crippen molar-refractivity contribution >= 4 is 0 Å². The second kappa shape index (κ2) is 10.4. The minimum absolute atomic E-state index is 0.0915. The first-order valence-corrected chi connectivity index (χ1v) is 11.5. The molecule has 2 heteroatoms. The lowest BCUT2D eigenvalue weighted by atomic mass is 9.75. The Morgan fingerprint density at radius 2 is 1.64 bits per heavy atom. The van der Waals surface area contributed by atoms with Crippen LogP contribution in [0.4, 0.5) is 8.78 Å². The van der Waals surface area contributed by atoms with Crippen LogP contribution >= 0.6 is 0 Å². The molecular formula is C26H36F2. The molecule has 0 spiro atoms. The predicted octanol–water partition coefficient (Wildman–Crippen LogP) is 8.27. The van der Waals surface area contributed by atoms with Crippen LogP contribution < -0.4 is 0 Å². The van der Waals surface area contributed by atoms with Gasteiger partial charge in [-0.1, -0.05) is 57.8 Å². The highest BCUT2D eigenvalue weighted by Gasteiger charge is 2.24. The van der Waals surface area contributed by atoms with Crippen molar-refractivity contribution in [2.24, 2.45) is 11.8 Å². The van der Waals surface area contributed by atoms with Gasteiger partial charge >= 0.3 is 0 Å². The minimum atomic E-state index is -0.372. The normalized spacial score (nSPS) is 25.0. The molecule has 0 bridgehead atoms. The van der Waals surface area contributed by atoms with Crippen molar-refractivity contribution in [3.63, 3.8) is 0 Å². The molecule has 1 fully saturated rings. The highest BCUT2D eigenvalue weighted by Crippen LogP contribution is 2.39. The first-order chi connectivity index (χ1) is 13.6. The molecule has 28 heavy (non-hydrogen) atoms. The lowest BCUT2D eigenvalue weighted by Crippen LogP contribution is -2.16. The summed E-state index contributed by atoms with van der Waals surface area (Å²) in [6.07, 6.45) is 18.9. The van der Waals surface area contributed by atoms with E-state index in [1.807, 2.05) is 0 Å².